The zero-order valence-corrected chi connectivity index (χ0v) is 12.1. The van der Waals surface area contributed by atoms with Gasteiger partial charge in [-0.05, 0) is 38.8 Å². The van der Waals surface area contributed by atoms with E-state index in [4.69, 9.17) is 11.6 Å². The van der Waals surface area contributed by atoms with Crippen LogP contribution in [0.25, 0.3) is 0 Å². The molecule has 4 nitrogen and oxygen atoms in total. The molecule has 0 aromatic carbocycles. The summed E-state index contributed by atoms with van der Waals surface area (Å²) in [4.78, 5) is 4.04. The predicted octanol–water partition coefficient (Wildman–Crippen LogP) is 2.69. The van der Waals surface area contributed by atoms with Crippen molar-refractivity contribution in [2.75, 3.05) is 0 Å². The van der Waals surface area contributed by atoms with Crippen LogP contribution in [0.15, 0.2) is 23.2 Å². The lowest BCUT2D eigenvalue weighted by atomic mass is 10.0. The first-order chi connectivity index (χ1) is 8.43. The van der Waals surface area contributed by atoms with E-state index in [1.54, 1.807) is 4.31 Å². The van der Waals surface area contributed by atoms with Gasteiger partial charge in [-0.3, -0.25) is 0 Å². The van der Waals surface area contributed by atoms with Gasteiger partial charge in [0.2, 0.25) is 10.0 Å². The Morgan fingerprint density at radius 1 is 1.33 bits per heavy atom. The van der Waals surface area contributed by atoms with Gasteiger partial charge in [-0.15, -0.1) is 0 Å². The van der Waals surface area contributed by atoms with E-state index >= 15 is 0 Å². The van der Waals surface area contributed by atoms with E-state index in [0.717, 1.165) is 19.3 Å². The van der Waals surface area contributed by atoms with Gasteiger partial charge in [0.15, 0.2) is 0 Å². The molecule has 1 saturated heterocycles. The monoisotopic (exact) mass is 288 g/mol. The largest absolute Gasteiger partial charge is 0.244 e. The second-order valence-electron chi connectivity index (χ2n) is 4.78. The van der Waals surface area contributed by atoms with Gasteiger partial charge in [0.05, 0.1) is 4.90 Å². The molecule has 0 radical (unpaired) electrons. The molecule has 0 N–H and O–H groups in total. The highest BCUT2D eigenvalue weighted by molar-refractivity contribution is 7.89. The third-order valence-corrected chi connectivity index (χ3v) is 5.72. The maximum Gasteiger partial charge on any atom is 0.243 e. The quantitative estimate of drug-likeness (QED) is 0.786. The Bertz CT molecular complexity index is 523. The van der Waals surface area contributed by atoms with Gasteiger partial charge in [0, 0.05) is 18.3 Å². The molecule has 1 aromatic heterocycles. The summed E-state index contributed by atoms with van der Waals surface area (Å²) in [6.07, 6.45) is 4.31. The van der Waals surface area contributed by atoms with Crippen LogP contribution in [0, 0.1) is 0 Å². The summed E-state index contributed by atoms with van der Waals surface area (Å²) >= 11 is 5.77. The number of nitrogens with zero attached hydrogens (tertiary/aromatic N) is 2. The van der Waals surface area contributed by atoms with E-state index in [0.29, 0.717) is 0 Å². The predicted molar refractivity (Wildman–Crippen MR) is 71.0 cm³/mol. The number of sulfonamides is 1. The van der Waals surface area contributed by atoms with Gasteiger partial charge >= 0.3 is 0 Å². The topological polar surface area (TPSA) is 50.3 Å². The lowest BCUT2D eigenvalue weighted by molar-refractivity contribution is 0.204. The maximum absolute atomic E-state index is 12.6. The van der Waals surface area contributed by atoms with Crippen LogP contribution in [0.1, 0.15) is 33.1 Å². The number of hydrogen-bond donors (Lipinski definition) is 0. The van der Waals surface area contributed by atoms with Gasteiger partial charge in [-0.1, -0.05) is 18.0 Å². The van der Waals surface area contributed by atoms with Crippen LogP contribution in [-0.4, -0.2) is 29.8 Å². The molecule has 0 bridgehead atoms. The van der Waals surface area contributed by atoms with Gasteiger partial charge in [0.25, 0.3) is 0 Å². The number of aromatic nitrogens is 1. The van der Waals surface area contributed by atoms with Gasteiger partial charge in [-0.25, -0.2) is 13.4 Å². The summed E-state index contributed by atoms with van der Waals surface area (Å²) in [7, 11) is -3.47. The van der Waals surface area contributed by atoms with Crippen molar-refractivity contribution in [2.24, 2.45) is 0 Å². The van der Waals surface area contributed by atoms with Crippen molar-refractivity contribution in [1.82, 2.24) is 9.29 Å². The Kier molecular flexibility index (Phi) is 3.94. The van der Waals surface area contributed by atoms with Gasteiger partial charge in [-0.2, -0.15) is 4.31 Å². The molecule has 1 aliphatic heterocycles. The van der Waals surface area contributed by atoms with E-state index < -0.39 is 10.0 Å². The number of piperidine rings is 1. The number of hydrogen-bond acceptors (Lipinski definition) is 3. The van der Waals surface area contributed by atoms with Crippen LogP contribution < -0.4 is 0 Å². The highest BCUT2D eigenvalue weighted by Gasteiger charge is 2.35. The van der Waals surface area contributed by atoms with Crippen molar-refractivity contribution in [3.8, 4) is 0 Å². The summed E-state index contributed by atoms with van der Waals surface area (Å²) in [5, 5.41) is 0.202. The normalized spacial score (nSPS) is 26.2. The average Bonchev–Trinajstić information content (AvgIpc) is 2.28. The summed E-state index contributed by atoms with van der Waals surface area (Å²) in [5.74, 6) is 0. The summed E-state index contributed by atoms with van der Waals surface area (Å²) in [6.45, 7) is 3.91. The number of halogens is 1. The minimum atomic E-state index is -3.47. The molecule has 0 unspecified atom stereocenters. The highest BCUT2D eigenvalue weighted by Crippen LogP contribution is 2.29. The number of rotatable bonds is 2. The zero-order chi connectivity index (χ0) is 13.3. The molecule has 2 rings (SSSR count). The van der Waals surface area contributed by atoms with Crippen molar-refractivity contribution in [2.45, 2.75) is 50.1 Å². The maximum atomic E-state index is 12.6. The van der Waals surface area contributed by atoms with Crippen LogP contribution in [0.2, 0.25) is 5.15 Å². The van der Waals surface area contributed by atoms with Crippen molar-refractivity contribution < 1.29 is 8.42 Å². The van der Waals surface area contributed by atoms with E-state index in [1.165, 1.54) is 18.3 Å². The standard InChI is InChI=1S/C12H17ClN2O2S/c1-9-4-3-5-10(2)15(9)18(16,17)11-6-7-14-12(13)8-11/h6-10H,3-5H2,1-2H3/t9-,10+. The van der Waals surface area contributed by atoms with Gasteiger partial charge < -0.3 is 0 Å². The molecule has 1 aliphatic rings. The van der Waals surface area contributed by atoms with Crippen molar-refractivity contribution in [1.29, 1.82) is 0 Å². The smallest absolute Gasteiger partial charge is 0.243 e. The Labute approximate surface area is 113 Å². The summed E-state index contributed by atoms with van der Waals surface area (Å²) in [6, 6.07) is 2.97. The van der Waals surface area contributed by atoms with Crippen molar-refractivity contribution >= 4 is 21.6 Å². The van der Waals surface area contributed by atoms with Crippen molar-refractivity contribution in [3.63, 3.8) is 0 Å². The lowest BCUT2D eigenvalue weighted by Crippen LogP contribution is -2.47. The Morgan fingerprint density at radius 3 is 2.50 bits per heavy atom. The van der Waals surface area contributed by atoms with Crippen LogP contribution in [0.5, 0.6) is 0 Å². The van der Waals surface area contributed by atoms with Crippen LogP contribution in [0.3, 0.4) is 0 Å². The lowest BCUT2D eigenvalue weighted by Gasteiger charge is -2.37. The molecule has 0 spiro atoms. The van der Waals surface area contributed by atoms with Crippen LogP contribution >= 0.6 is 11.6 Å². The third-order valence-electron chi connectivity index (χ3n) is 3.39. The highest BCUT2D eigenvalue weighted by atomic mass is 35.5. The number of pyridine rings is 1. The van der Waals surface area contributed by atoms with Gasteiger partial charge in [0.1, 0.15) is 5.15 Å². The first-order valence-electron chi connectivity index (χ1n) is 6.08. The Balaban J connectivity index is 2.41. The Hall–Kier alpha value is -0.650. The minimum Gasteiger partial charge on any atom is -0.244 e. The average molecular weight is 289 g/mol. The van der Waals surface area contributed by atoms with Crippen LogP contribution in [-0.2, 0) is 10.0 Å². The molecule has 100 valence electrons. The molecule has 0 aliphatic carbocycles. The molecule has 0 amide bonds. The molecule has 0 saturated carbocycles. The van der Waals surface area contributed by atoms with E-state index in [2.05, 4.69) is 4.98 Å². The second kappa shape index (κ2) is 5.15. The van der Waals surface area contributed by atoms with E-state index in [9.17, 15) is 8.42 Å². The van der Waals surface area contributed by atoms with E-state index in [-0.39, 0.29) is 22.1 Å². The molecule has 2 atom stereocenters. The van der Waals surface area contributed by atoms with Crippen LogP contribution in [0.4, 0.5) is 0 Å². The summed E-state index contributed by atoms with van der Waals surface area (Å²) < 4.78 is 26.8. The SMILES string of the molecule is C[C@@H]1CCC[C@H](C)N1S(=O)(=O)c1ccnc(Cl)c1. The molecule has 18 heavy (non-hydrogen) atoms. The third kappa shape index (κ3) is 2.53. The Morgan fingerprint density at radius 2 is 1.94 bits per heavy atom. The summed E-state index contributed by atoms with van der Waals surface area (Å²) in [5.41, 5.74) is 0. The first kappa shape index (κ1) is 13.8. The fraction of sp³-hybridized carbons (Fsp3) is 0.583. The minimum absolute atomic E-state index is 0.0330. The first-order valence-corrected chi connectivity index (χ1v) is 7.90. The molecular weight excluding hydrogens is 272 g/mol. The molecule has 2 heterocycles. The van der Waals surface area contributed by atoms with E-state index in [1.807, 2.05) is 13.8 Å². The molecule has 1 aromatic rings. The molecule has 1 fully saturated rings. The zero-order valence-electron chi connectivity index (χ0n) is 10.5. The fourth-order valence-corrected chi connectivity index (χ4v) is 4.67. The second-order valence-corrected chi connectivity index (χ2v) is 7.01. The molecular formula is C12H17ClN2O2S. The van der Waals surface area contributed by atoms with Crippen molar-refractivity contribution in [3.05, 3.63) is 23.5 Å². The fourth-order valence-electron chi connectivity index (χ4n) is 2.54. The molecule has 6 heteroatoms.